The molecule has 1 aliphatic heterocycles. The van der Waals surface area contributed by atoms with Gasteiger partial charge in [-0.05, 0) is 36.8 Å². The lowest BCUT2D eigenvalue weighted by atomic mass is 9.84. The van der Waals surface area contributed by atoms with E-state index in [4.69, 9.17) is 5.84 Å². The van der Waals surface area contributed by atoms with Crippen LogP contribution in [0.25, 0.3) is 0 Å². The van der Waals surface area contributed by atoms with Gasteiger partial charge in [0.25, 0.3) is 5.91 Å². The number of pyridine rings is 1. The van der Waals surface area contributed by atoms with Crippen molar-refractivity contribution in [3.8, 4) is 0 Å². The average molecular weight is 276 g/mol. The largest absolute Gasteiger partial charge is 0.338 e. The zero-order chi connectivity index (χ0) is 14.8. The maximum Gasteiger partial charge on any atom is 0.254 e. The standard InChI is InChI=1S/C15H24N4O/c1-4-12-8-11(9-13(17-12)18-16)14(20)19-7-5-6-15(2,3)10-19/h8-9H,4-7,10,16H2,1-3H3,(H,17,18). The molecule has 1 saturated heterocycles. The molecule has 110 valence electrons. The number of hydrogen-bond donors (Lipinski definition) is 2. The van der Waals surface area contributed by atoms with Gasteiger partial charge in [0.1, 0.15) is 5.82 Å². The topological polar surface area (TPSA) is 71.2 Å². The summed E-state index contributed by atoms with van der Waals surface area (Å²) in [5, 5.41) is 0. The summed E-state index contributed by atoms with van der Waals surface area (Å²) in [7, 11) is 0. The molecule has 0 radical (unpaired) electrons. The summed E-state index contributed by atoms with van der Waals surface area (Å²) in [6.07, 6.45) is 3.01. The third-order valence-corrected chi connectivity index (χ3v) is 3.82. The van der Waals surface area contributed by atoms with Crippen molar-refractivity contribution >= 4 is 11.7 Å². The molecule has 0 aliphatic carbocycles. The second-order valence-electron chi connectivity index (χ2n) is 6.22. The third kappa shape index (κ3) is 3.28. The highest BCUT2D eigenvalue weighted by molar-refractivity contribution is 5.95. The van der Waals surface area contributed by atoms with E-state index in [1.54, 1.807) is 6.07 Å². The van der Waals surface area contributed by atoms with E-state index < -0.39 is 0 Å². The minimum absolute atomic E-state index is 0.0753. The fourth-order valence-corrected chi connectivity index (χ4v) is 2.75. The van der Waals surface area contributed by atoms with Crippen LogP contribution < -0.4 is 11.3 Å². The van der Waals surface area contributed by atoms with E-state index in [1.807, 2.05) is 17.9 Å². The zero-order valence-corrected chi connectivity index (χ0v) is 12.6. The normalized spacial score (nSPS) is 17.9. The maximum absolute atomic E-state index is 12.7. The Labute approximate surface area is 120 Å². The number of aryl methyl sites for hydroxylation is 1. The summed E-state index contributed by atoms with van der Waals surface area (Å²) in [6, 6.07) is 3.59. The molecule has 0 aromatic carbocycles. The molecule has 2 rings (SSSR count). The number of nitrogens with one attached hydrogen (secondary N) is 1. The average Bonchev–Trinajstić information content (AvgIpc) is 2.44. The Morgan fingerprint density at radius 3 is 2.85 bits per heavy atom. The first-order valence-corrected chi connectivity index (χ1v) is 7.22. The molecule has 1 fully saturated rings. The van der Waals surface area contributed by atoms with Crippen LogP contribution in [0.1, 0.15) is 49.7 Å². The van der Waals surface area contributed by atoms with Gasteiger partial charge in [-0.15, -0.1) is 0 Å². The van der Waals surface area contributed by atoms with Crippen LogP contribution in [0.4, 0.5) is 5.82 Å². The number of aromatic nitrogens is 1. The molecule has 1 aliphatic rings. The molecular formula is C15H24N4O. The van der Waals surface area contributed by atoms with Gasteiger partial charge in [0.15, 0.2) is 0 Å². The van der Waals surface area contributed by atoms with Gasteiger partial charge in [-0.25, -0.2) is 10.8 Å². The first-order chi connectivity index (χ1) is 9.45. The van der Waals surface area contributed by atoms with Gasteiger partial charge >= 0.3 is 0 Å². The number of hydrogen-bond acceptors (Lipinski definition) is 4. The molecule has 1 aromatic rings. The lowest BCUT2D eigenvalue weighted by Gasteiger charge is -2.38. The van der Waals surface area contributed by atoms with Crippen molar-refractivity contribution in [2.45, 2.75) is 40.0 Å². The summed E-state index contributed by atoms with van der Waals surface area (Å²) >= 11 is 0. The Bertz CT molecular complexity index is 476. The van der Waals surface area contributed by atoms with Crippen LogP contribution in [0.15, 0.2) is 12.1 Å². The van der Waals surface area contributed by atoms with Crippen molar-refractivity contribution in [1.29, 1.82) is 0 Å². The van der Waals surface area contributed by atoms with Crippen LogP contribution in [-0.2, 0) is 6.42 Å². The van der Waals surface area contributed by atoms with Crippen LogP contribution in [0, 0.1) is 5.41 Å². The van der Waals surface area contributed by atoms with Crippen molar-refractivity contribution in [3.63, 3.8) is 0 Å². The van der Waals surface area contributed by atoms with Crippen molar-refractivity contribution in [2.75, 3.05) is 18.5 Å². The molecule has 0 bridgehead atoms. The number of amides is 1. The smallest absolute Gasteiger partial charge is 0.254 e. The fourth-order valence-electron chi connectivity index (χ4n) is 2.75. The monoisotopic (exact) mass is 276 g/mol. The lowest BCUT2D eigenvalue weighted by Crippen LogP contribution is -2.43. The van der Waals surface area contributed by atoms with E-state index in [1.165, 1.54) is 6.42 Å². The number of nitrogen functional groups attached to an aromatic ring is 1. The lowest BCUT2D eigenvalue weighted by molar-refractivity contribution is 0.0583. The van der Waals surface area contributed by atoms with Gasteiger partial charge in [0, 0.05) is 24.3 Å². The number of rotatable bonds is 3. The Morgan fingerprint density at radius 1 is 1.50 bits per heavy atom. The second-order valence-corrected chi connectivity index (χ2v) is 6.22. The van der Waals surface area contributed by atoms with Gasteiger partial charge in [-0.3, -0.25) is 4.79 Å². The molecule has 5 heteroatoms. The van der Waals surface area contributed by atoms with Crippen molar-refractivity contribution in [1.82, 2.24) is 9.88 Å². The molecular weight excluding hydrogens is 252 g/mol. The highest BCUT2D eigenvalue weighted by Gasteiger charge is 2.29. The Hall–Kier alpha value is -1.62. The number of hydrazine groups is 1. The number of anilines is 1. The van der Waals surface area contributed by atoms with Crippen molar-refractivity contribution in [2.24, 2.45) is 11.3 Å². The van der Waals surface area contributed by atoms with Crippen LogP contribution in [0.2, 0.25) is 0 Å². The summed E-state index contributed by atoms with van der Waals surface area (Å²) < 4.78 is 0. The summed E-state index contributed by atoms with van der Waals surface area (Å²) in [6.45, 7) is 8.08. The van der Waals surface area contributed by atoms with E-state index >= 15 is 0 Å². The van der Waals surface area contributed by atoms with E-state index in [0.717, 1.165) is 31.6 Å². The maximum atomic E-state index is 12.7. The SMILES string of the molecule is CCc1cc(C(=O)N2CCCC(C)(C)C2)cc(NN)n1. The number of likely N-dealkylation sites (tertiary alicyclic amines) is 1. The first-order valence-electron chi connectivity index (χ1n) is 7.22. The third-order valence-electron chi connectivity index (χ3n) is 3.82. The highest BCUT2D eigenvalue weighted by Crippen LogP contribution is 2.29. The number of piperidine rings is 1. The Balaban J connectivity index is 2.24. The van der Waals surface area contributed by atoms with E-state index in [0.29, 0.717) is 11.4 Å². The number of nitrogens with two attached hydrogens (primary N) is 1. The van der Waals surface area contributed by atoms with Crippen LogP contribution >= 0.6 is 0 Å². The molecule has 0 unspecified atom stereocenters. The quantitative estimate of drug-likeness (QED) is 0.656. The van der Waals surface area contributed by atoms with Gasteiger partial charge in [-0.1, -0.05) is 20.8 Å². The summed E-state index contributed by atoms with van der Waals surface area (Å²) in [4.78, 5) is 18.9. The minimum atomic E-state index is 0.0753. The Kier molecular flexibility index (Phi) is 4.28. The molecule has 0 atom stereocenters. The molecule has 2 heterocycles. The van der Waals surface area contributed by atoms with Crippen LogP contribution in [0.5, 0.6) is 0 Å². The van der Waals surface area contributed by atoms with Gasteiger partial charge < -0.3 is 10.3 Å². The van der Waals surface area contributed by atoms with Gasteiger partial charge in [0.05, 0.1) is 0 Å². The molecule has 0 spiro atoms. The van der Waals surface area contributed by atoms with Crippen molar-refractivity contribution < 1.29 is 4.79 Å². The summed E-state index contributed by atoms with van der Waals surface area (Å²) in [5.41, 5.74) is 4.28. The molecule has 0 saturated carbocycles. The van der Waals surface area contributed by atoms with Gasteiger partial charge in [0.2, 0.25) is 0 Å². The molecule has 1 aromatic heterocycles. The van der Waals surface area contributed by atoms with Crippen LogP contribution in [0.3, 0.4) is 0 Å². The highest BCUT2D eigenvalue weighted by atomic mass is 16.2. The first kappa shape index (κ1) is 14.8. The molecule has 20 heavy (non-hydrogen) atoms. The minimum Gasteiger partial charge on any atom is -0.338 e. The molecule has 3 N–H and O–H groups in total. The number of carbonyl (C=O) groups excluding carboxylic acids is 1. The van der Waals surface area contributed by atoms with Crippen molar-refractivity contribution in [3.05, 3.63) is 23.4 Å². The Morgan fingerprint density at radius 2 is 2.25 bits per heavy atom. The number of carbonyl (C=O) groups is 1. The fraction of sp³-hybridized carbons (Fsp3) is 0.600. The zero-order valence-electron chi connectivity index (χ0n) is 12.6. The summed E-state index contributed by atoms with van der Waals surface area (Å²) in [5.74, 6) is 6.05. The second kappa shape index (κ2) is 5.79. The molecule has 1 amide bonds. The predicted octanol–water partition coefficient (Wildman–Crippen LogP) is 2.19. The molecule has 5 nitrogen and oxygen atoms in total. The van der Waals surface area contributed by atoms with E-state index in [2.05, 4.69) is 24.3 Å². The van der Waals surface area contributed by atoms with E-state index in [9.17, 15) is 4.79 Å². The van der Waals surface area contributed by atoms with Gasteiger partial charge in [-0.2, -0.15) is 0 Å². The number of nitrogens with zero attached hydrogens (tertiary/aromatic N) is 2. The van der Waals surface area contributed by atoms with E-state index in [-0.39, 0.29) is 11.3 Å². The predicted molar refractivity (Wildman–Crippen MR) is 80.3 cm³/mol. The van der Waals surface area contributed by atoms with Crippen LogP contribution in [-0.4, -0.2) is 28.9 Å².